The van der Waals surface area contributed by atoms with Crippen molar-refractivity contribution in [1.29, 1.82) is 0 Å². The molecule has 150 valence electrons. The van der Waals surface area contributed by atoms with Crippen molar-refractivity contribution in [1.82, 2.24) is 5.32 Å². The maximum atomic E-state index is 12.9. The second kappa shape index (κ2) is 7.95. The number of amides is 1. The third-order valence-corrected chi connectivity index (χ3v) is 6.80. The highest BCUT2D eigenvalue weighted by Gasteiger charge is 2.20. The van der Waals surface area contributed by atoms with E-state index < -0.39 is 10.0 Å². The van der Waals surface area contributed by atoms with Gasteiger partial charge in [0, 0.05) is 12.6 Å². The van der Waals surface area contributed by atoms with Gasteiger partial charge in [0.05, 0.1) is 18.0 Å². The fourth-order valence-corrected chi connectivity index (χ4v) is 4.32. The summed E-state index contributed by atoms with van der Waals surface area (Å²) in [5.74, 6) is -0.202. The molecular weight excluding hydrogens is 372 g/mol. The number of hydrogen-bond acceptors (Lipinski definition) is 3. The van der Waals surface area contributed by atoms with Crippen LogP contribution in [-0.2, 0) is 22.9 Å². The van der Waals surface area contributed by atoms with Crippen LogP contribution in [0.5, 0.6) is 0 Å². The quantitative estimate of drug-likeness (QED) is 0.831. The van der Waals surface area contributed by atoms with Crippen molar-refractivity contribution >= 4 is 21.6 Å². The number of anilines is 1. The zero-order chi connectivity index (χ0) is 20.5. The van der Waals surface area contributed by atoms with Crippen LogP contribution in [0.3, 0.4) is 0 Å². The molecule has 0 saturated carbocycles. The Morgan fingerprint density at radius 2 is 1.79 bits per heavy atom. The molecule has 5 nitrogen and oxygen atoms in total. The topological polar surface area (TPSA) is 66.5 Å². The SMILES string of the molecule is Cc1c(C(=O)NC(C)c2ccc3c(c2)CCCC3)cccc1N(C)S(C)(=O)=O. The Kier molecular flexibility index (Phi) is 5.79. The summed E-state index contributed by atoms with van der Waals surface area (Å²) in [7, 11) is -1.90. The molecule has 1 atom stereocenters. The molecule has 1 N–H and O–H groups in total. The van der Waals surface area contributed by atoms with E-state index in [1.54, 1.807) is 25.1 Å². The first-order valence-corrected chi connectivity index (χ1v) is 11.5. The molecule has 0 radical (unpaired) electrons. The molecule has 0 aliphatic heterocycles. The lowest BCUT2D eigenvalue weighted by atomic mass is 9.89. The minimum absolute atomic E-state index is 0.129. The third kappa shape index (κ3) is 4.22. The van der Waals surface area contributed by atoms with Crippen molar-refractivity contribution in [3.05, 3.63) is 64.2 Å². The summed E-state index contributed by atoms with van der Waals surface area (Å²) in [6.45, 7) is 3.75. The lowest BCUT2D eigenvalue weighted by molar-refractivity contribution is 0.0939. The zero-order valence-electron chi connectivity index (χ0n) is 17.0. The fraction of sp³-hybridized carbons (Fsp3) is 0.409. The van der Waals surface area contributed by atoms with Crippen LogP contribution in [0.15, 0.2) is 36.4 Å². The van der Waals surface area contributed by atoms with Gasteiger partial charge in [-0.25, -0.2) is 8.42 Å². The molecule has 1 aliphatic rings. The molecule has 2 aromatic rings. The number of rotatable bonds is 5. The first kappa shape index (κ1) is 20.4. The molecular formula is C22H28N2O3S. The molecule has 0 fully saturated rings. The van der Waals surface area contributed by atoms with Gasteiger partial charge in [0.1, 0.15) is 0 Å². The van der Waals surface area contributed by atoms with Crippen molar-refractivity contribution in [2.24, 2.45) is 0 Å². The molecule has 28 heavy (non-hydrogen) atoms. The lowest BCUT2D eigenvalue weighted by Crippen LogP contribution is -2.29. The Hall–Kier alpha value is -2.34. The maximum absolute atomic E-state index is 12.9. The van der Waals surface area contributed by atoms with Crippen molar-refractivity contribution < 1.29 is 13.2 Å². The predicted molar refractivity (Wildman–Crippen MR) is 113 cm³/mol. The van der Waals surface area contributed by atoms with Gasteiger partial charge in [-0.1, -0.05) is 24.3 Å². The summed E-state index contributed by atoms with van der Waals surface area (Å²) in [6, 6.07) is 11.5. The Bertz CT molecular complexity index is 999. The van der Waals surface area contributed by atoms with Crippen molar-refractivity contribution in [2.45, 2.75) is 45.6 Å². The molecule has 0 spiro atoms. The summed E-state index contributed by atoms with van der Waals surface area (Å²) >= 11 is 0. The van der Waals surface area contributed by atoms with Gasteiger partial charge in [-0.05, 0) is 73.9 Å². The average molecular weight is 401 g/mol. The Balaban J connectivity index is 1.81. The van der Waals surface area contributed by atoms with E-state index >= 15 is 0 Å². The van der Waals surface area contributed by atoms with Crippen LogP contribution < -0.4 is 9.62 Å². The van der Waals surface area contributed by atoms with Crippen LogP contribution in [0.1, 0.15) is 58.4 Å². The predicted octanol–water partition coefficient (Wildman–Crippen LogP) is 3.76. The number of carbonyl (C=O) groups is 1. The molecule has 0 heterocycles. The third-order valence-electron chi connectivity index (χ3n) is 5.61. The van der Waals surface area contributed by atoms with E-state index in [1.807, 2.05) is 6.92 Å². The largest absolute Gasteiger partial charge is 0.346 e. The summed E-state index contributed by atoms with van der Waals surface area (Å²) in [6.07, 6.45) is 5.85. The number of carbonyl (C=O) groups excluding carboxylic acids is 1. The number of aryl methyl sites for hydroxylation is 2. The van der Waals surface area contributed by atoms with Gasteiger partial charge in [-0.3, -0.25) is 9.10 Å². The second-order valence-corrected chi connectivity index (χ2v) is 9.62. The van der Waals surface area contributed by atoms with E-state index in [2.05, 4.69) is 23.5 Å². The summed E-state index contributed by atoms with van der Waals surface area (Å²) in [5, 5.41) is 3.06. The van der Waals surface area contributed by atoms with Crippen LogP contribution >= 0.6 is 0 Å². The molecule has 2 aromatic carbocycles. The molecule has 1 aliphatic carbocycles. The number of nitrogens with zero attached hydrogens (tertiary/aromatic N) is 1. The highest BCUT2D eigenvalue weighted by Crippen LogP contribution is 2.27. The van der Waals surface area contributed by atoms with E-state index in [0.29, 0.717) is 16.8 Å². The van der Waals surface area contributed by atoms with Gasteiger partial charge in [0.15, 0.2) is 0 Å². The summed E-state index contributed by atoms with van der Waals surface area (Å²) in [5.41, 5.74) is 5.54. The number of hydrogen-bond donors (Lipinski definition) is 1. The average Bonchev–Trinajstić information content (AvgIpc) is 2.66. The highest BCUT2D eigenvalue weighted by atomic mass is 32.2. The van der Waals surface area contributed by atoms with E-state index in [0.717, 1.165) is 24.7 Å². The van der Waals surface area contributed by atoms with Gasteiger partial charge in [-0.15, -0.1) is 0 Å². The summed E-state index contributed by atoms with van der Waals surface area (Å²) in [4.78, 5) is 12.9. The smallest absolute Gasteiger partial charge is 0.252 e. The van der Waals surface area contributed by atoms with Crippen LogP contribution in [-0.4, -0.2) is 27.6 Å². The van der Waals surface area contributed by atoms with Gasteiger partial charge >= 0.3 is 0 Å². The zero-order valence-corrected chi connectivity index (χ0v) is 17.8. The van der Waals surface area contributed by atoms with Gasteiger partial charge in [0.2, 0.25) is 10.0 Å². The normalized spacial score (nSPS) is 14.9. The summed E-state index contributed by atoms with van der Waals surface area (Å²) < 4.78 is 24.9. The van der Waals surface area contributed by atoms with Crippen molar-refractivity contribution in [3.63, 3.8) is 0 Å². The Morgan fingerprint density at radius 1 is 1.11 bits per heavy atom. The Labute approximate surface area is 167 Å². The second-order valence-electron chi connectivity index (χ2n) is 7.61. The number of benzene rings is 2. The van der Waals surface area contributed by atoms with Crippen LogP contribution in [0.25, 0.3) is 0 Å². The Morgan fingerprint density at radius 3 is 2.46 bits per heavy atom. The van der Waals surface area contributed by atoms with E-state index in [4.69, 9.17) is 0 Å². The molecule has 1 unspecified atom stereocenters. The number of sulfonamides is 1. The van der Waals surface area contributed by atoms with Crippen LogP contribution in [0.4, 0.5) is 5.69 Å². The number of nitrogens with one attached hydrogen (secondary N) is 1. The molecule has 1 amide bonds. The van der Waals surface area contributed by atoms with Gasteiger partial charge in [-0.2, -0.15) is 0 Å². The maximum Gasteiger partial charge on any atom is 0.252 e. The molecule has 0 aromatic heterocycles. The highest BCUT2D eigenvalue weighted by molar-refractivity contribution is 7.92. The fourth-order valence-electron chi connectivity index (χ4n) is 3.77. The van der Waals surface area contributed by atoms with E-state index in [9.17, 15) is 13.2 Å². The number of fused-ring (bicyclic) bond motifs is 1. The first-order valence-electron chi connectivity index (χ1n) is 9.64. The van der Waals surface area contributed by atoms with Crippen molar-refractivity contribution in [3.8, 4) is 0 Å². The van der Waals surface area contributed by atoms with E-state index in [1.165, 1.54) is 35.3 Å². The molecule has 3 rings (SSSR count). The molecule has 0 saturated heterocycles. The minimum atomic E-state index is -3.39. The molecule has 0 bridgehead atoms. The monoisotopic (exact) mass is 400 g/mol. The molecule has 6 heteroatoms. The van der Waals surface area contributed by atoms with Crippen LogP contribution in [0.2, 0.25) is 0 Å². The van der Waals surface area contributed by atoms with E-state index in [-0.39, 0.29) is 11.9 Å². The van der Waals surface area contributed by atoms with Crippen molar-refractivity contribution in [2.75, 3.05) is 17.6 Å². The van der Waals surface area contributed by atoms with Crippen LogP contribution in [0, 0.1) is 6.92 Å². The van der Waals surface area contributed by atoms with Gasteiger partial charge in [0.25, 0.3) is 5.91 Å². The van der Waals surface area contributed by atoms with Gasteiger partial charge < -0.3 is 5.32 Å². The standard InChI is InChI=1S/C22H28N2O3S/c1-15-20(10-7-11-21(15)24(3)28(4,26)27)22(25)23-16(2)18-13-12-17-8-5-6-9-19(17)14-18/h7,10-14,16H,5-6,8-9H2,1-4H3,(H,23,25). The lowest BCUT2D eigenvalue weighted by Gasteiger charge is -2.22. The first-order chi connectivity index (χ1) is 13.2. The minimum Gasteiger partial charge on any atom is -0.346 e.